The number of aliphatic hydroxyl groups excluding tert-OH is 1. The number of hydrogen-bond donors (Lipinski definition) is 2. The summed E-state index contributed by atoms with van der Waals surface area (Å²) in [5.74, 6) is 0.644. The fourth-order valence-electron chi connectivity index (χ4n) is 3.22. The van der Waals surface area contributed by atoms with Crippen LogP contribution in [-0.4, -0.2) is 24.9 Å². The van der Waals surface area contributed by atoms with Crippen molar-refractivity contribution in [1.82, 2.24) is 0 Å². The monoisotopic (exact) mass is 261 g/mol. The van der Waals surface area contributed by atoms with Gasteiger partial charge in [0.1, 0.15) is 0 Å². The minimum absolute atomic E-state index is 0.302. The van der Waals surface area contributed by atoms with Crippen LogP contribution in [0.4, 0.5) is 0 Å². The summed E-state index contributed by atoms with van der Waals surface area (Å²) >= 11 is 0. The highest BCUT2D eigenvalue weighted by molar-refractivity contribution is 5.36. The molecular formula is C16H23NO2. The average molecular weight is 261 g/mol. The Balaban J connectivity index is 1.91. The first kappa shape index (κ1) is 13.1. The van der Waals surface area contributed by atoms with Crippen LogP contribution in [-0.2, 0) is 4.74 Å². The second-order valence-corrected chi connectivity index (χ2v) is 6.03. The Morgan fingerprint density at radius 3 is 2.79 bits per heavy atom. The topological polar surface area (TPSA) is 55.5 Å². The van der Waals surface area contributed by atoms with Crippen molar-refractivity contribution in [2.45, 2.75) is 37.7 Å². The Hall–Kier alpha value is -0.900. The molecule has 2 aliphatic rings. The molecule has 3 heteroatoms. The summed E-state index contributed by atoms with van der Waals surface area (Å²) in [4.78, 5) is 0. The Bertz CT molecular complexity index is 436. The van der Waals surface area contributed by atoms with Crippen LogP contribution in [0, 0.1) is 5.41 Å². The largest absolute Gasteiger partial charge is 0.388 e. The summed E-state index contributed by atoms with van der Waals surface area (Å²) in [6.07, 6.45) is 3.92. The zero-order valence-corrected chi connectivity index (χ0v) is 11.3. The maximum absolute atomic E-state index is 10.9. The second-order valence-electron chi connectivity index (χ2n) is 6.03. The molecule has 1 heterocycles. The lowest BCUT2D eigenvalue weighted by Crippen LogP contribution is -2.44. The van der Waals surface area contributed by atoms with Gasteiger partial charge in [-0.25, -0.2) is 0 Å². The number of ether oxygens (including phenoxy) is 1. The predicted octanol–water partition coefficient (Wildman–Crippen LogP) is 2.35. The van der Waals surface area contributed by atoms with Gasteiger partial charge < -0.3 is 15.6 Å². The van der Waals surface area contributed by atoms with E-state index in [2.05, 4.69) is 18.2 Å². The van der Waals surface area contributed by atoms with Crippen molar-refractivity contribution < 1.29 is 9.84 Å². The van der Waals surface area contributed by atoms with Gasteiger partial charge in [0.15, 0.2) is 0 Å². The summed E-state index contributed by atoms with van der Waals surface area (Å²) in [6, 6.07) is 8.29. The zero-order valence-electron chi connectivity index (χ0n) is 11.3. The smallest absolute Gasteiger partial charge is 0.0883 e. The van der Waals surface area contributed by atoms with E-state index in [4.69, 9.17) is 10.5 Å². The van der Waals surface area contributed by atoms with Crippen molar-refractivity contribution in [3.8, 4) is 0 Å². The summed E-state index contributed by atoms with van der Waals surface area (Å²) in [5.41, 5.74) is 8.06. The number of benzene rings is 1. The van der Waals surface area contributed by atoms with Crippen molar-refractivity contribution in [1.29, 1.82) is 0 Å². The van der Waals surface area contributed by atoms with E-state index < -0.39 is 6.10 Å². The molecule has 1 aliphatic carbocycles. The van der Waals surface area contributed by atoms with Crippen LogP contribution in [0.1, 0.15) is 48.8 Å². The van der Waals surface area contributed by atoms with Crippen molar-refractivity contribution in [3.05, 3.63) is 35.4 Å². The van der Waals surface area contributed by atoms with E-state index >= 15 is 0 Å². The highest BCUT2D eigenvalue weighted by Crippen LogP contribution is 2.47. The molecule has 0 spiro atoms. The number of nitrogens with two attached hydrogens (primary N) is 1. The van der Waals surface area contributed by atoms with Crippen LogP contribution < -0.4 is 5.73 Å². The van der Waals surface area contributed by atoms with E-state index in [0.717, 1.165) is 25.0 Å². The lowest BCUT2D eigenvalue weighted by atomic mass is 9.73. The first-order valence-corrected chi connectivity index (χ1v) is 7.31. The molecule has 1 saturated heterocycles. The molecule has 0 amide bonds. The van der Waals surface area contributed by atoms with Crippen molar-refractivity contribution in [3.63, 3.8) is 0 Å². The standard InChI is InChI=1S/C16H23NO2/c17-10-16(8-3-9-19-11-16)15(18)14-5-2-1-4-13(14)12-6-7-12/h1-2,4-5,12,15,18H,3,6-11,17H2. The third-order valence-corrected chi connectivity index (χ3v) is 4.65. The molecule has 2 fully saturated rings. The van der Waals surface area contributed by atoms with E-state index in [1.165, 1.54) is 18.4 Å². The molecule has 3 rings (SSSR count). The maximum Gasteiger partial charge on any atom is 0.0883 e. The van der Waals surface area contributed by atoms with Gasteiger partial charge in [-0.05, 0) is 42.7 Å². The molecule has 2 unspecified atom stereocenters. The van der Waals surface area contributed by atoms with Crippen LogP contribution in [0.5, 0.6) is 0 Å². The molecule has 0 bridgehead atoms. The van der Waals surface area contributed by atoms with Crippen LogP contribution in [0.2, 0.25) is 0 Å². The van der Waals surface area contributed by atoms with Gasteiger partial charge in [0.05, 0.1) is 12.7 Å². The van der Waals surface area contributed by atoms with Gasteiger partial charge in [0.2, 0.25) is 0 Å². The van der Waals surface area contributed by atoms with Crippen molar-refractivity contribution in [2.75, 3.05) is 19.8 Å². The summed E-state index contributed by atoms with van der Waals surface area (Å²) < 4.78 is 5.59. The molecule has 19 heavy (non-hydrogen) atoms. The SMILES string of the molecule is NCC1(C(O)c2ccccc2C2CC2)CCCOC1. The molecule has 1 saturated carbocycles. The van der Waals surface area contributed by atoms with Gasteiger partial charge in [0.25, 0.3) is 0 Å². The number of rotatable bonds is 4. The normalized spacial score (nSPS) is 29.2. The maximum atomic E-state index is 10.9. The highest BCUT2D eigenvalue weighted by atomic mass is 16.5. The predicted molar refractivity (Wildman–Crippen MR) is 74.9 cm³/mol. The third-order valence-electron chi connectivity index (χ3n) is 4.65. The van der Waals surface area contributed by atoms with E-state index in [1.54, 1.807) is 0 Å². The molecule has 0 aromatic heterocycles. The third kappa shape index (κ3) is 2.42. The molecule has 3 N–H and O–H groups in total. The average Bonchev–Trinajstić information content (AvgIpc) is 3.32. The van der Waals surface area contributed by atoms with E-state index in [9.17, 15) is 5.11 Å². The fourth-order valence-corrected chi connectivity index (χ4v) is 3.22. The van der Waals surface area contributed by atoms with Crippen molar-refractivity contribution in [2.24, 2.45) is 11.1 Å². The Labute approximate surface area is 114 Å². The summed E-state index contributed by atoms with van der Waals surface area (Å²) in [7, 11) is 0. The molecule has 0 radical (unpaired) electrons. The molecule has 104 valence electrons. The van der Waals surface area contributed by atoms with Gasteiger partial charge >= 0.3 is 0 Å². The van der Waals surface area contributed by atoms with Gasteiger partial charge in [-0.1, -0.05) is 24.3 Å². The van der Waals surface area contributed by atoms with E-state index in [0.29, 0.717) is 19.1 Å². The van der Waals surface area contributed by atoms with Crippen molar-refractivity contribution >= 4 is 0 Å². The lowest BCUT2D eigenvalue weighted by molar-refractivity contribution is -0.0784. The van der Waals surface area contributed by atoms with E-state index in [1.807, 2.05) is 6.07 Å². The summed E-state index contributed by atoms with van der Waals surface area (Å²) in [5, 5.41) is 10.9. The summed E-state index contributed by atoms with van der Waals surface area (Å²) in [6.45, 7) is 1.84. The van der Waals surface area contributed by atoms with Crippen LogP contribution >= 0.6 is 0 Å². The van der Waals surface area contributed by atoms with Gasteiger partial charge in [-0.3, -0.25) is 0 Å². The molecule has 2 atom stereocenters. The van der Waals surface area contributed by atoms with Gasteiger partial charge in [0, 0.05) is 18.6 Å². The fraction of sp³-hybridized carbons (Fsp3) is 0.625. The Morgan fingerprint density at radius 2 is 2.16 bits per heavy atom. The molecule has 1 aromatic rings. The minimum Gasteiger partial charge on any atom is -0.388 e. The Kier molecular flexibility index (Phi) is 3.61. The molecule has 1 aliphatic heterocycles. The van der Waals surface area contributed by atoms with Gasteiger partial charge in [-0.15, -0.1) is 0 Å². The number of aliphatic hydroxyl groups is 1. The van der Waals surface area contributed by atoms with Crippen LogP contribution in [0.15, 0.2) is 24.3 Å². The first-order valence-electron chi connectivity index (χ1n) is 7.31. The molecular weight excluding hydrogens is 238 g/mol. The lowest BCUT2D eigenvalue weighted by Gasteiger charge is -2.40. The van der Waals surface area contributed by atoms with Crippen LogP contribution in [0.25, 0.3) is 0 Å². The van der Waals surface area contributed by atoms with Gasteiger partial charge in [-0.2, -0.15) is 0 Å². The molecule has 1 aromatic carbocycles. The first-order chi connectivity index (χ1) is 9.27. The highest BCUT2D eigenvalue weighted by Gasteiger charge is 2.41. The molecule has 3 nitrogen and oxygen atoms in total. The Morgan fingerprint density at radius 1 is 1.37 bits per heavy atom. The minimum atomic E-state index is -0.505. The van der Waals surface area contributed by atoms with E-state index in [-0.39, 0.29) is 5.41 Å². The number of hydrogen-bond acceptors (Lipinski definition) is 3. The quantitative estimate of drug-likeness (QED) is 0.874. The van der Waals surface area contributed by atoms with Crippen LogP contribution in [0.3, 0.4) is 0 Å². The zero-order chi connectivity index (χ0) is 13.3. The second kappa shape index (κ2) is 5.23.